The molecule has 2 fully saturated rings. The molecule has 1 saturated heterocycles. The second kappa shape index (κ2) is 4.92. The van der Waals surface area contributed by atoms with E-state index in [-0.39, 0.29) is 18.4 Å². The lowest BCUT2D eigenvalue weighted by Crippen LogP contribution is -2.66. The van der Waals surface area contributed by atoms with Gasteiger partial charge in [-0.15, -0.1) is 0 Å². The summed E-state index contributed by atoms with van der Waals surface area (Å²) >= 11 is 0. The van der Waals surface area contributed by atoms with Gasteiger partial charge in [-0.1, -0.05) is 12.8 Å². The molecule has 1 aliphatic carbocycles. The first-order chi connectivity index (χ1) is 9.62. The Morgan fingerprint density at radius 1 is 1.35 bits per heavy atom. The zero-order valence-corrected chi connectivity index (χ0v) is 11.8. The molecule has 2 aliphatic rings. The van der Waals surface area contributed by atoms with Crippen LogP contribution in [-0.4, -0.2) is 45.1 Å². The monoisotopic (exact) mass is 276 g/mol. The largest absolute Gasteiger partial charge is 0.345 e. The van der Waals surface area contributed by atoms with Gasteiger partial charge in [-0.2, -0.15) is 5.10 Å². The van der Waals surface area contributed by atoms with Crippen molar-refractivity contribution < 1.29 is 9.59 Å². The molecule has 20 heavy (non-hydrogen) atoms. The molecule has 2 amide bonds. The van der Waals surface area contributed by atoms with Gasteiger partial charge in [0.05, 0.1) is 12.7 Å². The molecular formula is C14H20N4O2. The number of hydrogen-bond acceptors (Lipinski definition) is 3. The lowest BCUT2D eigenvalue weighted by atomic mass is 9.91. The number of nitrogens with zero attached hydrogens (tertiary/aromatic N) is 3. The van der Waals surface area contributed by atoms with Crippen molar-refractivity contribution in [2.45, 2.75) is 37.6 Å². The predicted molar refractivity (Wildman–Crippen MR) is 72.8 cm³/mol. The molecule has 108 valence electrons. The van der Waals surface area contributed by atoms with Gasteiger partial charge < -0.3 is 10.2 Å². The fourth-order valence-electron chi connectivity index (χ4n) is 3.41. The van der Waals surface area contributed by atoms with Gasteiger partial charge in [0.2, 0.25) is 11.8 Å². The average Bonchev–Trinajstić information content (AvgIpc) is 3.05. The van der Waals surface area contributed by atoms with E-state index in [1.54, 1.807) is 4.68 Å². The molecule has 1 aliphatic heterocycles. The number of hydrogen-bond donors (Lipinski definition) is 1. The molecule has 0 radical (unpaired) electrons. The summed E-state index contributed by atoms with van der Waals surface area (Å²) in [7, 11) is 1.88. The molecule has 0 bridgehead atoms. The first-order valence-electron chi connectivity index (χ1n) is 7.18. The summed E-state index contributed by atoms with van der Waals surface area (Å²) in [6.07, 6.45) is 8.13. The Kier molecular flexibility index (Phi) is 3.23. The number of carbonyl (C=O) groups is 2. The standard InChI is InChI=1S/C14H20N4O2/c1-17-10-11(8-16-17)4-7-18-12(19)9-15-13(20)14(18)5-2-3-6-14/h8,10H,2-7,9H2,1H3,(H,15,20). The Hall–Kier alpha value is -1.85. The van der Waals surface area contributed by atoms with Crippen LogP contribution in [0.1, 0.15) is 31.2 Å². The van der Waals surface area contributed by atoms with Crippen LogP contribution in [0.25, 0.3) is 0 Å². The number of amides is 2. The minimum Gasteiger partial charge on any atom is -0.345 e. The Morgan fingerprint density at radius 2 is 2.10 bits per heavy atom. The highest BCUT2D eigenvalue weighted by molar-refractivity contribution is 5.98. The summed E-state index contributed by atoms with van der Waals surface area (Å²) < 4.78 is 1.76. The zero-order chi connectivity index (χ0) is 14.2. The van der Waals surface area contributed by atoms with Gasteiger partial charge in [0.15, 0.2) is 0 Å². The summed E-state index contributed by atoms with van der Waals surface area (Å²) in [5.74, 6) is 0.0659. The van der Waals surface area contributed by atoms with Crippen molar-refractivity contribution in [3.8, 4) is 0 Å². The lowest BCUT2D eigenvalue weighted by Gasteiger charge is -2.43. The van der Waals surface area contributed by atoms with Crippen LogP contribution < -0.4 is 5.32 Å². The topological polar surface area (TPSA) is 67.2 Å². The molecule has 3 rings (SSSR count). The van der Waals surface area contributed by atoms with Crippen LogP contribution in [0.5, 0.6) is 0 Å². The van der Waals surface area contributed by atoms with E-state index in [0.29, 0.717) is 6.54 Å². The van der Waals surface area contributed by atoms with Crippen LogP contribution >= 0.6 is 0 Å². The van der Waals surface area contributed by atoms with Gasteiger partial charge in [0, 0.05) is 19.8 Å². The number of rotatable bonds is 3. The second-order valence-corrected chi connectivity index (χ2v) is 5.74. The van der Waals surface area contributed by atoms with E-state index in [1.165, 1.54) is 0 Å². The number of nitrogens with one attached hydrogen (secondary N) is 1. The molecule has 6 nitrogen and oxygen atoms in total. The predicted octanol–water partition coefficient (Wildman–Crippen LogP) is 0.234. The van der Waals surface area contributed by atoms with Gasteiger partial charge in [-0.25, -0.2) is 0 Å². The first-order valence-corrected chi connectivity index (χ1v) is 7.18. The highest BCUT2D eigenvalue weighted by Gasteiger charge is 2.50. The Labute approximate surface area is 118 Å². The summed E-state index contributed by atoms with van der Waals surface area (Å²) in [4.78, 5) is 26.3. The van der Waals surface area contributed by atoms with Crippen LogP contribution in [0, 0.1) is 0 Å². The van der Waals surface area contributed by atoms with Gasteiger partial charge in [0.1, 0.15) is 5.54 Å². The van der Waals surface area contributed by atoms with Crippen molar-refractivity contribution in [1.29, 1.82) is 0 Å². The third-order valence-electron chi connectivity index (χ3n) is 4.45. The number of piperazine rings is 1. The minimum atomic E-state index is -0.586. The van der Waals surface area contributed by atoms with Crippen molar-refractivity contribution >= 4 is 11.8 Å². The molecule has 1 aromatic heterocycles. The van der Waals surface area contributed by atoms with Crippen molar-refractivity contribution in [3.63, 3.8) is 0 Å². The summed E-state index contributed by atoms with van der Waals surface area (Å²) in [6, 6.07) is 0. The molecule has 0 atom stereocenters. The number of aryl methyl sites for hydroxylation is 1. The van der Waals surface area contributed by atoms with E-state index in [4.69, 9.17) is 0 Å². The molecule has 6 heteroatoms. The molecule has 1 saturated carbocycles. The number of carbonyl (C=O) groups excluding carboxylic acids is 2. The Morgan fingerprint density at radius 3 is 2.75 bits per heavy atom. The molecule has 1 aromatic rings. The maximum absolute atomic E-state index is 12.3. The van der Waals surface area contributed by atoms with E-state index < -0.39 is 5.54 Å². The molecule has 0 unspecified atom stereocenters. The SMILES string of the molecule is Cn1cc(CCN2C(=O)CNC(=O)C23CCCC3)cn1. The van der Waals surface area contributed by atoms with Crippen LogP contribution in [0.3, 0.4) is 0 Å². The van der Waals surface area contributed by atoms with Crippen LogP contribution in [0.15, 0.2) is 12.4 Å². The highest BCUT2D eigenvalue weighted by atomic mass is 16.2. The third kappa shape index (κ3) is 2.09. The molecule has 0 aromatic carbocycles. The summed E-state index contributed by atoms with van der Waals surface area (Å²) in [5.41, 5.74) is 0.511. The first kappa shape index (κ1) is 13.1. The molecule has 1 N–H and O–H groups in total. The van der Waals surface area contributed by atoms with E-state index >= 15 is 0 Å². The van der Waals surface area contributed by atoms with E-state index in [2.05, 4.69) is 10.4 Å². The zero-order valence-electron chi connectivity index (χ0n) is 11.8. The fourth-order valence-corrected chi connectivity index (χ4v) is 3.41. The average molecular weight is 276 g/mol. The second-order valence-electron chi connectivity index (χ2n) is 5.74. The summed E-state index contributed by atoms with van der Waals surface area (Å²) in [6.45, 7) is 0.728. The minimum absolute atomic E-state index is 0.0285. The number of aromatic nitrogens is 2. The van der Waals surface area contributed by atoms with Crippen molar-refractivity contribution in [2.75, 3.05) is 13.1 Å². The van der Waals surface area contributed by atoms with Crippen molar-refractivity contribution in [1.82, 2.24) is 20.0 Å². The summed E-state index contributed by atoms with van der Waals surface area (Å²) in [5, 5.41) is 6.89. The van der Waals surface area contributed by atoms with Gasteiger partial charge in [-0.3, -0.25) is 14.3 Å². The third-order valence-corrected chi connectivity index (χ3v) is 4.45. The van der Waals surface area contributed by atoms with Crippen LogP contribution in [0.4, 0.5) is 0 Å². The van der Waals surface area contributed by atoms with Crippen molar-refractivity contribution in [3.05, 3.63) is 18.0 Å². The molecule has 1 spiro atoms. The van der Waals surface area contributed by atoms with Crippen LogP contribution in [0.2, 0.25) is 0 Å². The van der Waals surface area contributed by atoms with Gasteiger partial charge in [0.25, 0.3) is 0 Å². The van der Waals surface area contributed by atoms with Crippen molar-refractivity contribution in [2.24, 2.45) is 7.05 Å². The quantitative estimate of drug-likeness (QED) is 0.859. The normalized spacial score (nSPS) is 21.6. The molecular weight excluding hydrogens is 256 g/mol. The van der Waals surface area contributed by atoms with E-state index in [0.717, 1.165) is 37.7 Å². The van der Waals surface area contributed by atoms with Crippen LogP contribution in [-0.2, 0) is 23.1 Å². The molecule has 2 heterocycles. The maximum Gasteiger partial charge on any atom is 0.246 e. The Bertz CT molecular complexity index is 531. The smallest absolute Gasteiger partial charge is 0.246 e. The van der Waals surface area contributed by atoms with E-state index in [1.807, 2.05) is 24.3 Å². The van der Waals surface area contributed by atoms with E-state index in [9.17, 15) is 9.59 Å². The fraction of sp³-hybridized carbons (Fsp3) is 0.643. The maximum atomic E-state index is 12.3. The van der Waals surface area contributed by atoms with Gasteiger partial charge >= 0.3 is 0 Å². The Balaban J connectivity index is 1.77. The van der Waals surface area contributed by atoms with Gasteiger partial charge in [-0.05, 0) is 24.8 Å². The highest BCUT2D eigenvalue weighted by Crippen LogP contribution is 2.37. The lowest BCUT2D eigenvalue weighted by molar-refractivity contribution is -0.153.